The van der Waals surface area contributed by atoms with E-state index in [4.69, 9.17) is 5.73 Å². The lowest BCUT2D eigenvalue weighted by molar-refractivity contribution is -0.0507. The molecule has 7 heteroatoms. The first-order valence-corrected chi connectivity index (χ1v) is 7.35. The van der Waals surface area contributed by atoms with Crippen molar-refractivity contribution in [3.63, 3.8) is 0 Å². The van der Waals surface area contributed by atoms with Crippen LogP contribution in [0.25, 0.3) is 0 Å². The Morgan fingerprint density at radius 2 is 1.74 bits per heavy atom. The Labute approximate surface area is 142 Å². The first kappa shape index (κ1) is 21.6. The molecule has 0 aromatic heterocycles. The minimum absolute atomic E-state index is 0. The Morgan fingerprint density at radius 1 is 1.26 bits per heavy atom. The molecule has 0 saturated carbocycles. The van der Waals surface area contributed by atoms with Crippen LogP contribution in [0, 0.1) is 13.8 Å². The van der Waals surface area contributed by atoms with Crippen molar-refractivity contribution in [1.29, 1.82) is 0 Å². The number of benzene rings is 1. The quantitative estimate of drug-likeness (QED) is 0.790. The molecule has 132 valence electrons. The number of nitrogens with one attached hydrogen (secondary N) is 1. The zero-order valence-electron chi connectivity index (χ0n) is 13.9. The average Bonchev–Trinajstić information content (AvgIpc) is 2.47. The number of carbonyl (C=O) groups is 1. The largest absolute Gasteiger partial charge is 0.434 e. The molecule has 1 rings (SSSR count). The number of amides is 1. The topological polar surface area (TPSA) is 64.3 Å². The molecule has 1 aromatic carbocycles. The number of hydrogen-bond donors (Lipinski definition) is 2. The highest BCUT2D eigenvalue weighted by Gasteiger charge is 2.22. The number of rotatable bonds is 7. The van der Waals surface area contributed by atoms with Crippen molar-refractivity contribution >= 4 is 18.3 Å². The summed E-state index contributed by atoms with van der Waals surface area (Å²) in [5, 5.41) is 2.80. The third-order valence-electron chi connectivity index (χ3n) is 3.94. The predicted octanol–water partition coefficient (Wildman–Crippen LogP) is 3.57. The summed E-state index contributed by atoms with van der Waals surface area (Å²) < 4.78 is 29.2. The first-order chi connectivity index (χ1) is 10.2. The van der Waals surface area contributed by atoms with Crippen LogP contribution < -0.4 is 15.8 Å². The van der Waals surface area contributed by atoms with Crippen LogP contribution in [0.2, 0.25) is 0 Å². The van der Waals surface area contributed by atoms with E-state index in [1.807, 2.05) is 13.8 Å². The highest BCUT2D eigenvalue weighted by molar-refractivity contribution is 5.95. The van der Waals surface area contributed by atoms with Crippen molar-refractivity contribution in [3.05, 3.63) is 28.8 Å². The SMILES string of the molecule is CCC(N)(CC)CNC(=O)c1cc(C)c(OC(F)F)c(C)c1.Cl. The van der Waals surface area contributed by atoms with Crippen LogP contribution in [0.5, 0.6) is 5.75 Å². The number of alkyl halides is 2. The highest BCUT2D eigenvalue weighted by atomic mass is 35.5. The predicted molar refractivity (Wildman–Crippen MR) is 89.6 cm³/mol. The van der Waals surface area contributed by atoms with Gasteiger partial charge in [0.2, 0.25) is 0 Å². The number of nitrogens with two attached hydrogens (primary N) is 1. The van der Waals surface area contributed by atoms with Crippen LogP contribution in [0.1, 0.15) is 48.2 Å². The van der Waals surface area contributed by atoms with Crippen LogP contribution in [0.3, 0.4) is 0 Å². The Hall–Kier alpha value is -1.40. The summed E-state index contributed by atoms with van der Waals surface area (Å²) in [6.07, 6.45) is 1.51. The third kappa shape index (κ3) is 5.95. The Kier molecular flexibility index (Phi) is 8.48. The Morgan fingerprint density at radius 3 is 2.13 bits per heavy atom. The molecule has 0 bridgehead atoms. The molecule has 3 N–H and O–H groups in total. The molecule has 0 atom stereocenters. The molecule has 1 aromatic rings. The van der Waals surface area contributed by atoms with Crippen LogP contribution in [0.15, 0.2) is 12.1 Å². The normalized spacial score (nSPS) is 11.1. The van der Waals surface area contributed by atoms with E-state index in [9.17, 15) is 13.6 Å². The van der Waals surface area contributed by atoms with Gasteiger partial charge in [-0.25, -0.2) is 0 Å². The summed E-state index contributed by atoms with van der Waals surface area (Å²) in [4.78, 5) is 12.2. The average molecular weight is 351 g/mol. The highest BCUT2D eigenvalue weighted by Crippen LogP contribution is 2.26. The van der Waals surface area contributed by atoms with E-state index in [-0.39, 0.29) is 24.1 Å². The zero-order chi connectivity index (χ0) is 16.9. The molecule has 1 amide bonds. The molecule has 0 heterocycles. The molecule has 0 fully saturated rings. The lowest BCUT2D eigenvalue weighted by Gasteiger charge is -2.26. The van der Waals surface area contributed by atoms with Crippen molar-refractivity contribution in [3.8, 4) is 5.75 Å². The van der Waals surface area contributed by atoms with Gasteiger partial charge in [0.1, 0.15) is 5.75 Å². The fraction of sp³-hybridized carbons (Fsp3) is 0.562. The fourth-order valence-corrected chi connectivity index (χ4v) is 2.21. The summed E-state index contributed by atoms with van der Waals surface area (Å²) in [6.45, 7) is 4.69. The second-order valence-corrected chi connectivity index (χ2v) is 5.57. The van der Waals surface area contributed by atoms with E-state index in [0.717, 1.165) is 12.8 Å². The summed E-state index contributed by atoms with van der Waals surface area (Å²) in [5.41, 5.74) is 7.11. The Bertz CT molecular complexity index is 512. The van der Waals surface area contributed by atoms with E-state index in [0.29, 0.717) is 23.2 Å². The number of hydrogen-bond acceptors (Lipinski definition) is 3. The van der Waals surface area contributed by atoms with Gasteiger partial charge in [0.05, 0.1) is 0 Å². The Balaban J connectivity index is 0.00000484. The van der Waals surface area contributed by atoms with Crippen molar-refractivity contribution in [1.82, 2.24) is 5.32 Å². The fourth-order valence-electron chi connectivity index (χ4n) is 2.21. The second-order valence-electron chi connectivity index (χ2n) is 5.57. The molecule has 0 aliphatic rings. The van der Waals surface area contributed by atoms with Gasteiger partial charge in [-0.3, -0.25) is 4.79 Å². The van der Waals surface area contributed by atoms with Crippen molar-refractivity contribution in [2.45, 2.75) is 52.7 Å². The molecule has 0 radical (unpaired) electrons. The van der Waals surface area contributed by atoms with Crippen molar-refractivity contribution in [2.24, 2.45) is 5.73 Å². The smallest absolute Gasteiger partial charge is 0.387 e. The summed E-state index contributed by atoms with van der Waals surface area (Å²) >= 11 is 0. The van der Waals surface area contributed by atoms with E-state index in [1.54, 1.807) is 13.8 Å². The monoisotopic (exact) mass is 350 g/mol. The number of ether oxygens (including phenoxy) is 1. The van der Waals surface area contributed by atoms with Crippen molar-refractivity contribution < 1.29 is 18.3 Å². The molecule has 0 unspecified atom stereocenters. The van der Waals surface area contributed by atoms with Gasteiger partial charge in [-0.2, -0.15) is 8.78 Å². The van der Waals surface area contributed by atoms with Gasteiger partial charge in [-0.05, 0) is 49.9 Å². The van der Waals surface area contributed by atoms with Gasteiger partial charge in [-0.1, -0.05) is 13.8 Å². The lowest BCUT2D eigenvalue weighted by Crippen LogP contribution is -2.49. The van der Waals surface area contributed by atoms with Gasteiger partial charge in [0.15, 0.2) is 0 Å². The number of halogens is 3. The zero-order valence-corrected chi connectivity index (χ0v) is 14.7. The molecular weight excluding hydrogens is 326 g/mol. The van der Waals surface area contributed by atoms with E-state index in [1.165, 1.54) is 12.1 Å². The second kappa shape index (κ2) is 9.03. The molecule has 4 nitrogen and oxygen atoms in total. The minimum atomic E-state index is -2.89. The van der Waals surface area contributed by atoms with Gasteiger partial charge in [0.25, 0.3) is 5.91 Å². The maximum absolute atomic E-state index is 12.4. The van der Waals surface area contributed by atoms with Gasteiger partial charge >= 0.3 is 6.61 Å². The number of aryl methyl sites for hydroxylation is 2. The first-order valence-electron chi connectivity index (χ1n) is 7.35. The number of carbonyl (C=O) groups excluding carboxylic acids is 1. The summed E-state index contributed by atoms with van der Waals surface area (Å²) in [6, 6.07) is 3.08. The summed E-state index contributed by atoms with van der Waals surface area (Å²) in [7, 11) is 0. The molecule has 0 aliphatic carbocycles. The van der Waals surface area contributed by atoms with E-state index in [2.05, 4.69) is 10.1 Å². The maximum Gasteiger partial charge on any atom is 0.387 e. The molecule has 23 heavy (non-hydrogen) atoms. The van der Waals surface area contributed by atoms with Gasteiger partial charge in [-0.15, -0.1) is 12.4 Å². The van der Waals surface area contributed by atoms with Crippen molar-refractivity contribution in [2.75, 3.05) is 6.54 Å². The third-order valence-corrected chi connectivity index (χ3v) is 3.94. The van der Waals surface area contributed by atoms with Gasteiger partial charge < -0.3 is 15.8 Å². The van der Waals surface area contributed by atoms with Crippen LogP contribution in [0.4, 0.5) is 8.78 Å². The van der Waals surface area contributed by atoms with Gasteiger partial charge in [0, 0.05) is 17.6 Å². The standard InChI is InChI=1S/C16H24F2N2O2.ClH/c1-5-16(19,6-2)9-20-14(21)12-7-10(3)13(11(4)8-12)22-15(17)18;/h7-8,15H,5-6,9,19H2,1-4H3,(H,20,21);1H. The van der Waals surface area contributed by atoms with Crippen LogP contribution in [-0.4, -0.2) is 24.6 Å². The summed E-state index contributed by atoms with van der Waals surface area (Å²) in [5.74, 6) is -0.159. The maximum atomic E-state index is 12.4. The van der Waals surface area contributed by atoms with E-state index >= 15 is 0 Å². The molecular formula is C16H25ClF2N2O2. The van der Waals surface area contributed by atoms with Crippen LogP contribution in [-0.2, 0) is 0 Å². The molecule has 0 saturated heterocycles. The molecule has 0 spiro atoms. The van der Waals surface area contributed by atoms with E-state index < -0.39 is 12.2 Å². The molecule has 0 aliphatic heterocycles. The minimum Gasteiger partial charge on any atom is -0.434 e. The van der Waals surface area contributed by atoms with Crippen LogP contribution >= 0.6 is 12.4 Å². The lowest BCUT2D eigenvalue weighted by atomic mass is 9.94.